The highest BCUT2D eigenvalue weighted by Crippen LogP contribution is 2.20. The van der Waals surface area contributed by atoms with Crippen LogP contribution in [0.2, 0.25) is 0 Å². The van der Waals surface area contributed by atoms with E-state index >= 15 is 0 Å². The zero-order valence-electron chi connectivity index (χ0n) is 6.06. The zero-order chi connectivity index (χ0) is 6.78. The number of rotatable bonds is 1. The number of hydrogen-bond donors (Lipinski definition) is 0. The summed E-state index contributed by atoms with van der Waals surface area (Å²) in [4.78, 5) is 0. The molecule has 2 radical (unpaired) electrons. The lowest BCUT2D eigenvalue weighted by Crippen LogP contribution is -2.23. The summed E-state index contributed by atoms with van der Waals surface area (Å²) in [5.74, 6) is 0. The van der Waals surface area contributed by atoms with Crippen LogP contribution in [0.5, 0.6) is 0 Å². The van der Waals surface area contributed by atoms with E-state index in [1.54, 1.807) is 0 Å². The fourth-order valence-corrected chi connectivity index (χ4v) is 0.204. The first-order chi connectivity index (χ1) is 3.48. The molecule has 0 aliphatic carbocycles. The van der Waals surface area contributed by atoms with Gasteiger partial charge in [-0.15, -0.1) is 0 Å². The average molecular weight is 114 g/mol. The standard InChI is InChI=1S/C7H14O/c1-6(8-5)7(2,3)4/h5-6H,1-4H3. The fourth-order valence-electron chi connectivity index (χ4n) is 0.204. The third-order valence-corrected chi connectivity index (χ3v) is 1.42. The van der Waals surface area contributed by atoms with Gasteiger partial charge in [0.2, 0.25) is 0 Å². The first-order valence-electron chi connectivity index (χ1n) is 2.84. The molecule has 0 N–H and O–H groups in total. The van der Waals surface area contributed by atoms with Gasteiger partial charge in [0, 0.05) is 0 Å². The second-order valence-corrected chi connectivity index (χ2v) is 3.14. The minimum absolute atomic E-state index is 0.127. The maximum absolute atomic E-state index is 4.96. The third kappa shape index (κ3) is 2.31. The van der Waals surface area contributed by atoms with Gasteiger partial charge in [0.05, 0.1) is 6.10 Å². The van der Waals surface area contributed by atoms with Gasteiger partial charge >= 0.3 is 0 Å². The Hall–Kier alpha value is -0.0400. The molecule has 1 heteroatoms. The molecule has 0 amide bonds. The molecule has 0 fully saturated rings. The fraction of sp³-hybridized carbons (Fsp3) is 0.857. The van der Waals surface area contributed by atoms with Crippen molar-refractivity contribution < 1.29 is 4.74 Å². The minimum Gasteiger partial charge on any atom is -0.369 e. The summed E-state index contributed by atoms with van der Waals surface area (Å²) < 4.78 is 4.61. The van der Waals surface area contributed by atoms with Gasteiger partial charge in [-0.25, -0.2) is 0 Å². The predicted octanol–water partition coefficient (Wildman–Crippen LogP) is 2.11. The van der Waals surface area contributed by atoms with E-state index < -0.39 is 0 Å². The molecule has 0 aromatic heterocycles. The first kappa shape index (κ1) is 7.96. The van der Waals surface area contributed by atoms with E-state index in [0.29, 0.717) is 0 Å². The Balaban J connectivity index is 3.62. The maximum atomic E-state index is 4.96. The highest BCUT2D eigenvalue weighted by molar-refractivity contribution is 4.68. The van der Waals surface area contributed by atoms with Crippen molar-refractivity contribution in [1.29, 1.82) is 0 Å². The largest absolute Gasteiger partial charge is 0.369 e. The molecular formula is C7H14O. The van der Waals surface area contributed by atoms with Crippen molar-refractivity contribution in [1.82, 2.24) is 0 Å². The molecule has 8 heavy (non-hydrogen) atoms. The molecule has 0 aliphatic heterocycles. The van der Waals surface area contributed by atoms with Gasteiger partial charge in [-0.3, -0.25) is 0 Å². The number of hydrogen-bond acceptors (Lipinski definition) is 1. The summed E-state index contributed by atoms with van der Waals surface area (Å²) in [6.07, 6.45) is 0.127. The van der Waals surface area contributed by atoms with Crippen molar-refractivity contribution in [3.63, 3.8) is 0 Å². The molecule has 0 aliphatic rings. The molecular weight excluding hydrogens is 100 g/mol. The monoisotopic (exact) mass is 114 g/mol. The van der Waals surface area contributed by atoms with Crippen LogP contribution in [0.1, 0.15) is 27.7 Å². The van der Waals surface area contributed by atoms with Gasteiger partial charge in [-0.1, -0.05) is 20.8 Å². The topological polar surface area (TPSA) is 9.23 Å². The van der Waals surface area contributed by atoms with Crippen molar-refractivity contribution in [3.8, 4) is 0 Å². The van der Waals surface area contributed by atoms with Crippen LogP contribution in [-0.4, -0.2) is 6.10 Å². The van der Waals surface area contributed by atoms with Crippen LogP contribution >= 0.6 is 0 Å². The van der Waals surface area contributed by atoms with E-state index in [1.165, 1.54) is 0 Å². The molecule has 0 aromatic carbocycles. The van der Waals surface area contributed by atoms with Crippen molar-refractivity contribution in [2.75, 3.05) is 0 Å². The second-order valence-electron chi connectivity index (χ2n) is 3.14. The van der Waals surface area contributed by atoms with E-state index in [0.717, 1.165) is 0 Å². The molecule has 0 rings (SSSR count). The molecule has 0 bridgehead atoms. The van der Waals surface area contributed by atoms with E-state index in [9.17, 15) is 0 Å². The molecule has 1 atom stereocenters. The van der Waals surface area contributed by atoms with Crippen LogP contribution in [0.25, 0.3) is 0 Å². The molecule has 0 saturated heterocycles. The predicted molar refractivity (Wildman–Crippen MR) is 34.3 cm³/mol. The maximum Gasteiger partial charge on any atom is 0.115 e. The molecule has 0 aromatic rings. The summed E-state index contributed by atoms with van der Waals surface area (Å²) in [7, 11) is 4.96. The Labute approximate surface area is 52.0 Å². The lowest BCUT2D eigenvalue weighted by atomic mass is 9.90. The van der Waals surface area contributed by atoms with E-state index in [1.807, 2.05) is 6.92 Å². The lowest BCUT2D eigenvalue weighted by molar-refractivity contribution is 0.0568. The highest BCUT2D eigenvalue weighted by atomic mass is 16.5. The highest BCUT2D eigenvalue weighted by Gasteiger charge is 2.18. The summed E-state index contributed by atoms with van der Waals surface area (Å²) in [5.41, 5.74) is 0.161. The van der Waals surface area contributed by atoms with Crippen LogP contribution in [0.4, 0.5) is 0 Å². The lowest BCUT2D eigenvalue weighted by Gasteiger charge is -2.24. The smallest absolute Gasteiger partial charge is 0.115 e. The third-order valence-electron chi connectivity index (χ3n) is 1.42. The van der Waals surface area contributed by atoms with Crippen LogP contribution in [0.3, 0.4) is 0 Å². The molecule has 1 nitrogen and oxygen atoms in total. The van der Waals surface area contributed by atoms with E-state index in [4.69, 9.17) is 7.11 Å². The van der Waals surface area contributed by atoms with Crippen molar-refractivity contribution in [2.24, 2.45) is 5.41 Å². The van der Waals surface area contributed by atoms with Gasteiger partial charge in [-0.2, -0.15) is 0 Å². The van der Waals surface area contributed by atoms with Gasteiger partial charge < -0.3 is 4.74 Å². The Bertz CT molecular complexity index is 61.3. The SMILES string of the molecule is [CH]OC(C)C(C)(C)C. The van der Waals surface area contributed by atoms with Crippen molar-refractivity contribution in [2.45, 2.75) is 33.8 Å². The van der Waals surface area contributed by atoms with Crippen molar-refractivity contribution in [3.05, 3.63) is 7.11 Å². The Morgan fingerprint density at radius 2 is 1.75 bits per heavy atom. The second kappa shape index (κ2) is 2.49. The van der Waals surface area contributed by atoms with Crippen LogP contribution in [0.15, 0.2) is 0 Å². The molecule has 48 valence electrons. The normalized spacial score (nSPS) is 16.1. The van der Waals surface area contributed by atoms with Crippen molar-refractivity contribution >= 4 is 0 Å². The van der Waals surface area contributed by atoms with E-state index in [2.05, 4.69) is 25.5 Å². The van der Waals surface area contributed by atoms with Gasteiger partial charge in [-0.05, 0) is 12.3 Å². The molecule has 0 heterocycles. The summed E-state index contributed by atoms with van der Waals surface area (Å²) >= 11 is 0. The van der Waals surface area contributed by atoms with Gasteiger partial charge in [0.1, 0.15) is 7.11 Å². The molecule has 0 saturated carbocycles. The van der Waals surface area contributed by atoms with Crippen LogP contribution in [-0.2, 0) is 4.74 Å². The Morgan fingerprint density at radius 3 is 1.75 bits per heavy atom. The van der Waals surface area contributed by atoms with Crippen LogP contribution in [0, 0.1) is 12.5 Å². The van der Waals surface area contributed by atoms with Gasteiger partial charge in [0.15, 0.2) is 0 Å². The van der Waals surface area contributed by atoms with Crippen LogP contribution < -0.4 is 0 Å². The quantitative estimate of drug-likeness (QED) is 0.507. The first-order valence-corrected chi connectivity index (χ1v) is 2.84. The summed E-state index contributed by atoms with van der Waals surface area (Å²) in [6.45, 7) is 8.22. The Kier molecular flexibility index (Phi) is 2.48. The summed E-state index contributed by atoms with van der Waals surface area (Å²) in [5, 5.41) is 0. The number of ether oxygens (including phenoxy) is 1. The average Bonchev–Trinajstić information content (AvgIpc) is 1.62. The zero-order valence-corrected chi connectivity index (χ0v) is 6.06. The minimum atomic E-state index is 0.127. The summed E-state index contributed by atoms with van der Waals surface area (Å²) in [6, 6.07) is 0. The molecule has 0 spiro atoms. The molecule has 1 unspecified atom stereocenters. The van der Waals surface area contributed by atoms with Gasteiger partial charge in [0.25, 0.3) is 0 Å². The van der Waals surface area contributed by atoms with E-state index in [-0.39, 0.29) is 11.5 Å². The Morgan fingerprint density at radius 1 is 1.38 bits per heavy atom.